The normalized spacial score (nSPS) is 30.2. The highest BCUT2D eigenvalue weighted by atomic mass is 16.7. The van der Waals surface area contributed by atoms with E-state index in [1.165, 1.54) is 0 Å². The molecule has 1 N–H and O–H groups in total. The van der Waals surface area contributed by atoms with E-state index in [9.17, 15) is 10.0 Å². The second-order valence-corrected chi connectivity index (χ2v) is 7.00. The highest BCUT2D eigenvalue weighted by Gasteiger charge is 2.59. The number of ether oxygens (including phenoxy) is 3. The summed E-state index contributed by atoms with van der Waals surface area (Å²) in [5.41, 5.74) is -0.587. The number of carbonyl (C=O) groups excluding carboxylic acids is 1. The van der Waals surface area contributed by atoms with Crippen molar-refractivity contribution in [1.82, 2.24) is 4.90 Å². The molecule has 0 aromatic rings. The number of oxime groups is 1. The predicted molar refractivity (Wildman–Crippen MR) is 80.1 cm³/mol. The summed E-state index contributed by atoms with van der Waals surface area (Å²) >= 11 is 0. The maximum atomic E-state index is 12.7. The molecule has 7 heteroatoms. The molecule has 2 bridgehead atoms. The van der Waals surface area contributed by atoms with Gasteiger partial charge in [-0.25, -0.2) is 4.79 Å². The minimum atomic E-state index is -0.684. The molecule has 2 rings (SSSR count). The summed E-state index contributed by atoms with van der Waals surface area (Å²) in [6.07, 6.45) is 1.54. The summed E-state index contributed by atoms with van der Waals surface area (Å²) in [6.45, 7) is 5.52. The van der Waals surface area contributed by atoms with E-state index in [0.29, 0.717) is 18.6 Å². The van der Waals surface area contributed by atoms with Crippen LogP contribution in [-0.2, 0) is 14.2 Å². The third-order valence-corrected chi connectivity index (χ3v) is 4.34. The van der Waals surface area contributed by atoms with Crippen molar-refractivity contribution < 1.29 is 24.2 Å². The molecule has 0 saturated carbocycles. The van der Waals surface area contributed by atoms with Crippen LogP contribution in [0.5, 0.6) is 0 Å². The number of fused-ring (bicyclic) bond motifs is 2. The minimum absolute atomic E-state index is 0.0534. The maximum absolute atomic E-state index is 12.7. The third-order valence-electron chi connectivity index (χ3n) is 4.34. The topological polar surface area (TPSA) is 80.6 Å². The smallest absolute Gasteiger partial charge is 0.411 e. The first kappa shape index (κ1) is 17.0. The molecule has 2 saturated heterocycles. The first-order valence-corrected chi connectivity index (χ1v) is 7.55. The van der Waals surface area contributed by atoms with E-state index in [2.05, 4.69) is 5.16 Å². The maximum Gasteiger partial charge on any atom is 0.411 e. The van der Waals surface area contributed by atoms with Gasteiger partial charge in [0.25, 0.3) is 0 Å². The second kappa shape index (κ2) is 6.04. The van der Waals surface area contributed by atoms with Gasteiger partial charge in [-0.15, -0.1) is 0 Å². The van der Waals surface area contributed by atoms with Crippen molar-refractivity contribution in [2.24, 2.45) is 5.16 Å². The molecule has 1 amide bonds. The fraction of sp³-hybridized carbons (Fsp3) is 0.867. The number of piperidine rings is 1. The zero-order valence-electron chi connectivity index (χ0n) is 14.0. The highest BCUT2D eigenvalue weighted by molar-refractivity contribution is 5.89. The highest BCUT2D eigenvalue weighted by Crippen LogP contribution is 2.46. The second-order valence-electron chi connectivity index (χ2n) is 7.00. The van der Waals surface area contributed by atoms with Crippen LogP contribution in [0.15, 0.2) is 5.16 Å². The molecule has 0 aliphatic carbocycles. The largest absolute Gasteiger partial charge is 0.444 e. The summed E-state index contributed by atoms with van der Waals surface area (Å²) in [5, 5.41) is 12.6. The van der Waals surface area contributed by atoms with E-state index in [4.69, 9.17) is 14.2 Å². The van der Waals surface area contributed by atoms with Crippen molar-refractivity contribution in [3.63, 3.8) is 0 Å². The van der Waals surface area contributed by atoms with E-state index >= 15 is 0 Å². The quantitative estimate of drug-likeness (QED) is 0.491. The predicted octanol–water partition coefficient (Wildman–Crippen LogP) is 2.37. The van der Waals surface area contributed by atoms with Gasteiger partial charge in [-0.1, -0.05) is 5.16 Å². The number of carbonyl (C=O) groups is 1. The molecule has 2 atom stereocenters. The molecule has 2 unspecified atom stereocenters. The number of rotatable bonds is 3. The van der Waals surface area contributed by atoms with E-state index in [-0.39, 0.29) is 12.1 Å². The Kier molecular flexibility index (Phi) is 4.67. The average Bonchev–Trinajstić information content (AvgIpc) is 2.67. The monoisotopic (exact) mass is 314 g/mol. The van der Waals surface area contributed by atoms with Gasteiger partial charge in [-0.05, 0) is 33.6 Å². The first-order chi connectivity index (χ1) is 10.3. The molecule has 2 heterocycles. The molecule has 22 heavy (non-hydrogen) atoms. The summed E-state index contributed by atoms with van der Waals surface area (Å²) in [5.74, 6) is 0. The molecule has 7 nitrogen and oxygen atoms in total. The zero-order chi connectivity index (χ0) is 16.5. The van der Waals surface area contributed by atoms with Crippen LogP contribution in [0.2, 0.25) is 0 Å². The van der Waals surface area contributed by atoms with Gasteiger partial charge < -0.3 is 19.4 Å². The molecule has 2 fully saturated rings. The van der Waals surface area contributed by atoms with Crippen LogP contribution in [0.1, 0.15) is 46.5 Å². The van der Waals surface area contributed by atoms with Gasteiger partial charge in [0.2, 0.25) is 0 Å². The molecule has 0 aromatic carbocycles. The van der Waals surface area contributed by atoms with Crippen LogP contribution in [0, 0.1) is 0 Å². The molecule has 2 aliphatic rings. The van der Waals surface area contributed by atoms with Crippen molar-refractivity contribution in [1.29, 1.82) is 0 Å². The van der Waals surface area contributed by atoms with Gasteiger partial charge in [-0.2, -0.15) is 0 Å². The number of hydrogen-bond acceptors (Lipinski definition) is 6. The molecule has 0 aromatic heterocycles. The Balaban J connectivity index is 2.36. The Labute approximate surface area is 131 Å². The minimum Gasteiger partial charge on any atom is -0.444 e. The van der Waals surface area contributed by atoms with Crippen molar-refractivity contribution in [3.05, 3.63) is 0 Å². The van der Waals surface area contributed by atoms with Crippen LogP contribution in [0.25, 0.3) is 0 Å². The summed E-state index contributed by atoms with van der Waals surface area (Å²) in [6, 6.07) is -0.0534. The lowest BCUT2D eigenvalue weighted by Gasteiger charge is -2.47. The Bertz CT molecular complexity index is 455. The van der Waals surface area contributed by atoms with Gasteiger partial charge in [0, 0.05) is 33.1 Å². The fourth-order valence-electron chi connectivity index (χ4n) is 3.66. The van der Waals surface area contributed by atoms with Gasteiger partial charge >= 0.3 is 6.09 Å². The molecule has 0 radical (unpaired) electrons. The first-order valence-electron chi connectivity index (χ1n) is 7.55. The Hall–Kier alpha value is -1.34. The van der Waals surface area contributed by atoms with E-state index in [1.807, 2.05) is 20.8 Å². The van der Waals surface area contributed by atoms with Gasteiger partial charge in [-0.3, -0.25) is 4.90 Å². The van der Waals surface area contributed by atoms with Crippen LogP contribution < -0.4 is 0 Å². The van der Waals surface area contributed by atoms with Gasteiger partial charge in [0.15, 0.2) is 6.29 Å². The fourth-order valence-corrected chi connectivity index (χ4v) is 3.66. The molecular formula is C15H26N2O5. The Morgan fingerprint density at radius 3 is 2.55 bits per heavy atom. The molecule has 0 spiro atoms. The van der Waals surface area contributed by atoms with Gasteiger partial charge in [0.05, 0.1) is 5.71 Å². The third kappa shape index (κ3) is 2.92. The van der Waals surface area contributed by atoms with Gasteiger partial charge in [0.1, 0.15) is 11.1 Å². The van der Waals surface area contributed by atoms with Crippen LogP contribution in [0.3, 0.4) is 0 Å². The van der Waals surface area contributed by atoms with Crippen molar-refractivity contribution in [2.75, 3.05) is 14.2 Å². The van der Waals surface area contributed by atoms with Crippen LogP contribution in [-0.4, -0.2) is 59.6 Å². The molecule has 126 valence electrons. The van der Waals surface area contributed by atoms with Crippen molar-refractivity contribution >= 4 is 11.8 Å². The lowest BCUT2D eigenvalue weighted by Crippen LogP contribution is -2.63. The number of methoxy groups -OCH3 is 2. The summed E-state index contributed by atoms with van der Waals surface area (Å²) < 4.78 is 16.5. The summed E-state index contributed by atoms with van der Waals surface area (Å²) in [7, 11) is 3.10. The van der Waals surface area contributed by atoms with Crippen LogP contribution in [0.4, 0.5) is 4.79 Å². The lowest BCUT2D eigenvalue weighted by molar-refractivity contribution is -0.181. The Morgan fingerprint density at radius 1 is 1.41 bits per heavy atom. The van der Waals surface area contributed by atoms with E-state index in [0.717, 1.165) is 12.8 Å². The summed E-state index contributed by atoms with van der Waals surface area (Å²) in [4.78, 5) is 14.4. The van der Waals surface area contributed by atoms with Crippen molar-refractivity contribution in [3.8, 4) is 0 Å². The Morgan fingerprint density at radius 2 is 2.05 bits per heavy atom. The molecule has 2 aliphatic heterocycles. The van der Waals surface area contributed by atoms with Crippen LogP contribution >= 0.6 is 0 Å². The van der Waals surface area contributed by atoms with E-state index in [1.54, 1.807) is 19.1 Å². The lowest BCUT2D eigenvalue weighted by atomic mass is 9.86. The number of nitrogens with zero attached hydrogens (tertiary/aromatic N) is 2. The molecular weight excluding hydrogens is 288 g/mol. The standard InChI is InChI=1S/C15H26N2O5/c1-14(2,3)22-13(18)17-11-6-7-15(17,12(20-4)21-5)9-10(8-11)16-19/h11-12,19H,6-9H2,1-5H3. The van der Waals surface area contributed by atoms with Crippen molar-refractivity contribution in [2.45, 2.75) is 69.9 Å². The zero-order valence-corrected chi connectivity index (χ0v) is 14.0. The SMILES string of the molecule is COC(OC)C12CCC(CC(=NO)C1)N2C(=O)OC(C)(C)C. The number of hydrogen-bond donors (Lipinski definition) is 1. The number of amides is 1. The average molecular weight is 314 g/mol. The van der Waals surface area contributed by atoms with E-state index < -0.39 is 17.4 Å².